The lowest BCUT2D eigenvalue weighted by Gasteiger charge is -2.08. The minimum absolute atomic E-state index is 0.157. The van der Waals surface area contributed by atoms with Gasteiger partial charge in [0.1, 0.15) is 5.75 Å². The molecule has 1 aromatic rings. The Bertz CT molecular complexity index is 426. The number of primary sulfonamides is 1. The Morgan fingerprint density at radius 2 is 2.07 bits per heavy atom. The van der Waals surface area contributed by atoms with Crippen LogP contribution in [0.5, 0.6) is 5.75 Å². The fraction of sp³-hybridized carbons (Fsp3) is 0.333. The number of ether oxygens (including phenoxy) is 1. The van der Waals surface area contributed by atoms with Gasteiger partial charge in [0.25, 0.3) is 0 Å². The normalized spacial score (nSPS) is 11.4. The van der Waals surface area contributed by atoms with Gasteiger partial charge in [-0.25, -0.2) is 13.6 Å². The van der Waals surface area contributed by atoms with Gasteiger partial charge < -0.3 is 4.74 Å². The molecule has 1 rings (SSSR count). The molecule has 0 spiro atoms. The van der Waals surface area contributed by atoms with Gasteiger partial charge in [-0.1, -0.05) is 12.1 Å². The van der Waals surface area contributed by atoms with Crippen molar-refractivity contribution in [2.45, 2.75) is 12.7 Å². The summed E-state index contributed by atoms with van der Waals surface area (Å²) in [5, 5.41) is 4.96. The van der Waals surface area contributed by atoms with Crippen LogP contribution in [0.1, 0.15) is 11.1 Å². The molecule has 1 aromatic carbocycles. The van der Waals surface area contributed by atoms with Crippen LogP contribution >= 0.6 is 0 Å². The second kappa shape index (κ2) is 3.98. The standard InChI is InChI=1S/C9H13NO3S/c1-7-8(6-14(10,11)12)4-3-5-9(7)13-2/h3-5H,6H2,1-2H3,(H2,10,11,12). The minimum Gasteiger partial charge on any atom is -0.496 e. The van der Waals surface area contributed by atoms with E-state index in [0.29, 0.717) is 11.3 Å². The summed E-state index contributed by atoms with van der Waals surface area (Å²) in [5.41, 5.74) is 1.48. The van der Waals surface area contributed by atoms with Crippen LogP contribution in [0.15, 0.2) is 18.2 Å². The van der Waals surface area contributed by atoms with Gasteiger partial charge in [0.2, 0.25) is 10.0 Å². The Balaban J connectivity index is 3.10. The van der Waals surface area contributed by atoms with Crippen molar-refractivity contribution >= 4 is 10.0 Å². The molecule has 0 radical (unpaired) electrons. The Hall–Kier alpha value is -1.07. The smallest absolute Gasteiger partial charge is 0.213 e. The molecule has 5 heteroatoms. The molecule has 0 aliphatic heterocycles. The van der Waals surface area contributed by atoms with Crippen molar-refractivity contribution in [2.24, 2.45) is 5.14 Å². The third-order valence-electron chi connectivity index (χ3n) is 1.97. The molecule has 0 fully saturated rings. The summed E-state index contributed by atoms with van der Waals surface area (Å²) in [7, 11) is -1.94. The van der Waals surface area contributed by atoms with Gasteiger partial charge in [-0.15, -0.1) is 0 Å². The lowest BCUT2D eigenvalue weighted by Crippen LogP contribution is -2.15. The number of sulfonamides is 1. The fourth-order valence-electron chi connectivity index (χ4n) is 1.25. The van der Waals surface area contributed by atoms with E-state index in [4.69, 9.17) is 9.88 Å². The molecule has 0 saturated carbocycles. The average molecular weight is 215 g/mol. The Morgan fingerprint density at radius 1 is 1.43 bits per heavy atom. The van der Waals surface area contributed by atoms with Gasteiger partial charge in [0.15, 0.2) is 0 Å². The van der Waals surface area contributed by atoms with Crippen molar-refractivity contribution in [3.63, 3.8) is 0 Å². The van der Waals surface area contributed by atoms with E-state index >= 15 is 0 Å². The zero-order valence-corrected chi connectivity index (χ0v) is 8.97. The Morgan fingerprint density at radius 3 is 2.57 bits per heavy atom. The van der Waals surface area contributed by atoms with E-state index in [1.165, 1.54) is 0 Å². The molecule has 0 aromatic heterocycles. The molecule has 0 bridgehead atoms. The fourth-order valence-corrected chi connectivity index (χ4v) is 2.00. The zero-order chi connectivity index (χ0) is 10.8. The van der Waals surface area contributed by atoms with Crippen molar-refractivity contribution in [2.75, 3.05) is 7.11 Å². The van der Waals surface area contributed by atoms with E-state index in [2.05, 4.69) is 0 Å². The first-order chi connectivity index (χ1) is 6.44. The maximum atomic E-state index is 10.9. The van der Waals surface area contributed by atoms with Crippen LogP contribution in [-0.2, 0) is 15.8 Å². The summed E-state index contributed by atoms with van der Waals surface area (Å²) in [4.78, 5) is 0. The lowest BCUT2D eigenvalue weighted by molar-refractivity contribution is 0.411. The van der Waals surface area contributed by atoms with Crippen LogP contribution in [0.3, 0.4) is 0 Å². The first-order valence-electron chi connectivity index (χ1n) is 4.07. The summed E-state index contributed by atoms with van der Waals surface area (Å²) in [6.07, 6.45) is 0. The summed E-state index contributed by atoms with van der Waals surface area (Å²) in [6, 6.07) is 5.25. The summed E-state index contributed by atoms with van der Waals surface area (Å²) < 4.78 is 26.8. The van der Waals surface area contributed by atoms with E-state index in [9.17, 15) is 8.42 Å². The van der Waals surface area contributed by atoms with E-state index in [1.54, 1.807) is 32.2 Å². The maximum absolute atomic E-state index is 10.9. The molecule has 0 aliphatic rings. The summed E-state index contributed by atoms with van der Waals surface area (Å²) in [5.74, 6) is 0.516. The largest absolute Gasteiger partial charge is 0.496 e. The van der Waals surface area contributed by atoms with Gasteiger partial charge in [-0.3, -0.25) is 0 Å². The molecule has 0 heterocycles. The number of methoxy groups -OCH3 is 1. The van der Waals surface area contributed by atoms with Crippen molar-refractivity contribution in [3.8, 4) is 5.75 Å². The second-order valence-electron chi connectivity index (χ2n) is 3.05. The highest BCUT2D eigenvalue weighted by Crippen LogP contribution is 2.21. The van der Waals surface area contributed by atoms with Crippen LogP contribution in [0.2, 0.25) is 0 Å². The molecular weight excluding hydrogens is 202 g/mol. The molecule has 0 unspecified atom stereocenters. The van der Waals surface area contributed by atoms with E-state index < -0.39 is 10.0 Å². The summed E-state index contributed by atoms with van der Waals surface area (Å²) >= 11 is 0. The highest BCUT2D eigenvalue weighted by atomic mass is 32.2. The van der Waals surface area contributed by atoms with Crippen LogP contribution < -0.4 is 9.88 Å². The molecule has 0 atom stereocenters. The second-order valence-corrected chi connectivity index (χ2v) is 4.67. The number of nitrogens with two attached hydrogens (primary N) is 1. The molecule has 4 nitrogen and oxygen atoms in total. The van der Waals surface area contributed by atoms with Crippen molar-refractivity contribution < 1.29 is 13.2 Å². The number of benzene rings is 1. The van der Waals surface area contributed by atoms with Gasteiger partial charge in [0.05, 0.1) is 12.9 Å². The molecular formula is C9H13NO3S. The zero-order valence-electron chi connectivity index (χ0n) is 8.15. The third kappa shape index (κ3) is 2.71. The average Bonchev–Trinajstić information content (AvgIpc) is 2.06. The number of hydrogen-bond acceptors (Lipinski definition) is 3. The first kappa shape index (κ1) is 11.0. The van der Waals surface area contributed by atoms with Crippen molar-refractivity contribution in [1.29, 1.82) is 0 Å². The van der Waals surface area contributed by atoms with Crippen LogP contribution in [-0.4, -0.2) is 15.5 Å². The molecule has 78 valence electrons. The maximum Gasteiger partial charge on any atom is 0.213 e. The van der Waals surface area contributed by atoms with Crippen LogP contribution in [0, 0.1) is 6.92 Å². The highest BCUT2D eigenvalue weighted by molar-refractivity contribution is 7.88. The molecule has 2 N–H and O–H groups in total. The monoisotopic (exact) mass is 215 g/mol. The van der Waals surface area contributed by atoms with Gasteiger partial charge in [-0.05, 0) is 24.1 Å². The Labute approximate surface area is 83.7 Å². The van der Waals surface area contributed by atoms with Crippen molar-refractivity contribution in [1.82, 2.24) is 0 Å². The Kier molecular flexibility index (Phi) is 3.13. The molecule has 0 amide bonds. The van der Waals surface area contributed by atoms with E-state index in [0.717, 1.165) is 5.56 Å². The highest BCUT2D eigenvalue weighted by Gasteiger charge is 2.09. The minimum atomic E-state index is -3.48. The van der Waals surface area contributed by atoms with E-state index in [-0.39, 0.29) is 5.75 Å². The first-order valence-corrected chi connectivity index (χ1v) is 5.78. The van der Waals surface area contributed by atoms with Gasteiger partial charge >= 0.3 is 0 Å². The lowest BCUT2D eigenvalue weighted by atomic mass is 10.1. The predicted octanol–water partition coefficient (Wildman–Crippen LogP) is 0.792. The third-order valence-corrected chi connectivity index (χ3v) is 2.69. The quantitative estimate of drug-likeness (QED) is 0.810. The number of rotatable bonds is 3. The predicted molar refractivity (Wildman–Crippen MR) is 54.5 cm³/mol. The summed E-state index contributed by atoms with van der Waals surface area (Å²) in [6.45, 7) is 1.80. The molecule has 0 aliphatic carbocycles. The number of hydrogen-bond donors (Lipinski definition) is 1. The SMILES string of the molecule is COc1cccc(CS(N)(=O)=O)c1C. The molecule has 0 saturated heterocycles. The van der Waals surface area contributed by atoms with E-state index in [1.807, 2.05) is 0 Å². The topological polar surface area (TPSA) is 69.4 Å². The van der Waals surface area contributed by atoms with Gasteiger partial charge in [0, 0.05) is 0 Å². The molecule has 14 heavy (non-hydrogen) atoms. The van der Waals surface area contributed by atoms with Crippen LogP contribution in [0.25, 0.3) is 0 Å². The van der Waals surface area contributed by atoms with Crippen molar-refractivity contribution in [3.05, 3.63) is 29.3 Å². The van der Waals surface area contributed by atoms with Gasteiger partial charge in [-0.2, -0.15) is 0 Å². The van der Waals surface area contributed by atoms with Crippen LogP contribution in [0.4, 0.5) is 0 Å².